The number of carbonyl (C=O) groups is 2. The third kappa shape index (κ3) is 2.03. The highest BCUT2D eigenvalue weighted by Crippen LogP contribution is 2.22. The van der Waals surface area contributed by atoms with Crippen LogP contribution in [0, 0.1) is 0 Å². The van der Waals surface area contributed by atoms with Crippen LogP contribution in [0.3, 0.4) is 0 Å². The standard InChI is InChI=1S/C12H9NO4/c14-10(15)5-4-7-6-13-11-8(7)2-1-3-9(11)12(16)17/h1-6,13H,(H,14,15)(H,16,17)/b5-4-. The van der Waals surface area contributed by atoms with Crippen LogP contribution in [0.25, 0.3) is 17.0 Å². The summed E-state index contributed by atoms with van der Waals surface area (Å²) in [6.07, 6.45) is 4.01. The van der Waals surface area contributed by atoms with Crippen molar-refractivity contribution in [1.82, 2.24) is 4.98 Å². The van der Waals surface area contributed by atoms with Crippen molar-refractivity contribution in [3.8, 4) is 0 Å². The second-order valence-corrected chi connectivity index (χ2v) is 3.45. The Balaban J connectivity index is 2.59. The summed E-state index contributed by atoms with van der Waals surface area (Å²) < 4.78 is 0. The zero-order valence-electron chi connectivity index (χ0n) is 8.68. The first kappa shape index (κ1) is 10.9. The highest BCUT2D eigenvalue weighted by Gasteiger charge is 2.10. The molecule has 0 radical (unpaired) electrons. The topological polar surface area (TPSA) is 90.4 Å². The van der Waals surface area contributed by atoms with Crippen molar-refractivity contribution >= 4 is 28.9 Å². The number of aromatic carboxylic acids is 1. The number of aromatic nitrogens is 1. The van der Waals surface area contributed by atoms with Gasteiger partial charge >= 0.3 is 11.9 Å². The zero-order chi connectivity index (χ0) is 12.4. The number of aromatic amines is 1. The fourth-order valence-electron chi connectivity index (χ4n) is 1.65. The number of carboxylic acids is 2. The minimum atomic E-state index is -1.05. The van der Waals surface area contributed by atoms with E-state index in [4.69, 9.17) is 10.2 Å². The van der Waals surface area contributed by atoms with Crippen LogP contribution in [-0.4, -0.2) is 27.1 Å². The Kier molecular flexibility index (Phi) is 2.66. The molecule has 2 rings (SSSR count). The quantitative estimate of drug-likeness (QED) is 0.704. The minimum absolute atomic E-state index is 0.164. The van der Waals surface area contributed by atoms with Crippen molar-refractivity contribution < 1.29 is 19.8 Å². The SMILES string of the molecule is O=C(O)/C=C\c1c[nH]c2c(C(=O)O)cccc12. The van der Waals surface area contributed by atoms with Gasteiger partial charge in [0, 0.05) is 23.2 Å². The van der Waals surface area contributed by atoms with Gasteiger partial charge in [0.15, 0.2) is 0 Å². The molecule has 1 aromatic carbocycles. The van der Waals surface area contributed by atoms with Crippen molar-refractivity contribution in [2.45, 2.75) is 0 Å². The Morgan fingerprint density at radius 1 is 1.24 bits per heavy atom. The number of carboxylic acid groups (broad SMARTS) is 2. The Morgan fingerprint density at radius 3 is 2.65 bits per heavy atom. The van der Waals surface area contributed by atoms with Crippen LogP contribution in [0.5, 0.6) is 0 Å². The second kappa shape index (κ2) is 4.13. The third-order valence-electron chi connectivity index (χ3n) is 2.38. The number of para-hydroxylation sites is 1. The van der Waals surface area contributed by atoms with Crippen LogP contribution < -0.4 is 0 Å². The molecule has 0 aliphatic carbocycles. The molecule has 86 valence electrons. The van der Waals surface area contributed by atoms with Gasteiger partial charge in [-0.25, -0.2) is 9.59 Å². The predicted molar refractivity (Wildman–Crippen MR) is 61.9 cm³/mol. The lowest BCUT2D eigenvalue weighted by molar-refractivity contribution is -0.131. The number of rotatable bonds is 3. The van der Waals surface area contributed by atoms with Gasteiger partial charge in [-0.15, -0.1) is 0 Å². The van der Waals surface area contributed by atoms with Crippen molar-refractivity contribution in [3.63, 3.8) is 0 Å². The molecule has 0 saturated carbocycles. The number of fused-ring (bicyclic) bond motifs is 1. The molecule has 0 fully saturated rings. The van der Waals surface area contributed by atoms with Gasteiger partial charge in [-0.3, -0.25) is 0 Å². The molecular formula is C12H9NO4. The van der Waals surface area contributed by atoms with Crippen LogP contribution in [0.4, 0.5) is 0 Å². The Morgan fingerprint density at radius 2 is 2.00 bits per heavy atom. The highest BCUT2D eigenvalue weighted by molar-refractivity contribution is 6.05. The summed E-state index contributed by atoms with van der Waals surface area (Å²) in [5.74, 6) is -2.07. The second-order valence-electron chi connectivity index (χ2n) is 3.45. The van der Waals surface area contributed by atoms with E-state index in [1.807, 2.05) is 0 Å². The molecule has 0 atom stereocenters. The number of hydrogen-bond donors (Lipinski definition) is 3. The summed E-state index contributed by atoms with van der Waals surface area (Å²) in [6, 6.07) is 4.85. The van der Waals surface area contributed by atoms with Crippen LogP contribution >= 0.6 is 0 Å². The smallest absolute Gasteiger partial charge is 0.337 e. The number of aliphatic carboxylic acids is 1. The van der Waals surface area contributed by atoms with E-state index in [9.17, 15) is 9.59 Å². The van der Waals surface area contributed by atoms with E-state index >= 15 is 0 Å². The lowest BCUT2D eigenvalue weighted by Gasteiger charge is -1.96. The van der Waals surface area contributed by atoms with Gasteiger partial charge in [0.2, 0.25) is 0 Å². The molecule has 2 aromatic rings. The number of H-pyrrole nitrogens is 1. The predicted octanol–water partition coefficient (Wildman–Crippen LogP) is 1.96. The van der Waals surface area contributed by atoms with E-state index in [1.54, 1.807) is 18.3 Å². The van der Waals surface area contributed by atoms with Crippen LogP contribution in [0.2, 0.25) is 0 Å². The number of nitrogens with one attached hydrogen (secondary N) is 1. The van der Waals surface area contributed by atoms with Gasteiger partial charge in [0.05, 0.1) is 11.1 Å². The van der Waals surface area contributed by atoms with Crippen molar-refractivity contribution in [2.75, 3.05) is 0 Å². The fourth-order valence-corrected chi connectivity index (χ4v) is 1.65. The Hall–Kier alpha value is -2.56. The van der Waals surface area contributed by atoms with E-state index in [0.29, 0.717) is 16.5 Å². The number of benzene rings is 1. The van der Waals surface area contributed by atoms with Gasteiger partial charge in [-0.05, 0) is 12.1 Å². The summed E-state index contributed by atoms with van der Waals surface area (Å²) >= 11 is 0. The molecule has 1 aromatic heterocycles. The molecule has 0 aliphatic heterocycles. The first-order valence-corrected chi connectivity index (χ1v) is 4.84. The molecule has 3 N–H and O–H groups in total. The van der Waals surface area contributed by atoms with E-state index in [-0.39, 0.29) is 5.56 Å². The fraction of sp³-hybridized carbons (Fsp3) is 0. The maximum Gasteiger partial charge on any atom is 0.337 e. The van der Waals surface area contributed by atoms with Crippen LogP contribution in [0.1, 0.15) is 15.9 Å². The largest absolute Gasteiger partial charge is 0.478 e. The summed E-state index contributed by atoms with van der Waals surface area (Å²) in [4.78, 5) is 24.2. The lowest BCUT2D eigenvalue weighted by atomic mass is 10.1. The molecule has 0 aliphatic rings. The Labute approximate surface area is 96.0 Å². The van der Waals surface area contributed by atoms with Crippen LogP contribution in [-0.2, 0) is 4.79 Å². The maximum absolute atomic E-state index is 11.0. The van der Waals surface area contributed by atoms with Gasteiger partial charge in [-0.2, -0.15) is 0 Å². The average molecular weight is 231 g/mol. The van der Waals surface area contributed by atoms with Crippen molar-refractivity contribution in [1.29, 1.82) is 0 Å². The molecule has 5 nitrogen and oxygen atoms in total. The van der Waals surface area contributed by atoms with E-state index in [2.05, 4.69) is 4.98 Å². The third-order valence-corrected chi connectivity index (χ3v) is 2.38. The first-order chi connectivity index (χ1) is 8.09. The molecule has 0 bridgehead atoms. The van der Waals surface area contributed by atoms with E-state index in [0.717, 1.165) is 6.08 Å². The zero-order valence-corrected chi connectivity index (χ0v) is 8.68. The maximum atomic E-state index is 11.0. The molecule has 1 heterocycles. The monoisotopic (exact) mass is 231 g/mol. The first-order valence-electron chi connectivity index (χ1n) is 4.84. The summed E-state index contributed by atoms with van der Waals surface area (Å²) in [6.45, 7) is 0. The molecule has 0 amide bonds. The van der Waals surface area contributed by atoms with Crippen LogP contribution in [0.15, 0.2) is 30.5 Å². The van der Waals surface area contributed by atoms with E-state index < -0.39 is 11.9 Å². The molecule has 0 unspecified atom stereocenters. The van der Waals surface area contributed by atoms with Gasteiger partial charge in [0.25, 0.3) is 0 Å². The Bertz CT molecular complexity index is 624. The molecular weight excluding hydrogens is 222 g/mol. The van der Waals surface area contributed by atoms with Crippen molar-refractivity contribution in [3.05, 3.63) is 41.6 Å². The summed E-state index contributed by atoms with van der Waals surface area (Å²) in [7, 11) is 0. The van der Waals surface area contributed by atoms with Gasteiger partial charge in [0.1, 0.15) is 0 Å². The average Bonchev–Trinajstić information content (AvgIpc) is 2.68. The lowest BCUT2D eigenvalue weighted by Crippen LogP contribution is -1.96. The molecule has 17 heavy (non-hydrogen) atoms. The molecule has 0 spiro atoms. The number of hydrogen-bond acceptors (Lipinski definition) is 2. The minimum Gasteiger partial charge on any atom is -0.478 e. The summed E-state index contributed by atoms with van der Waals surface area (Å²) in [5.41, 5.74) is 1.30. The van der Waals surface area contributed by atoms with Crippen molar-refractivity contribution in [2.24, 2.45) is 0 Å². The summed E-state index contributed by atoms with van der Waals surface area (Å²) in [5, 5.41) is 18.2. The van der Waals surface area contributed by atoms with E-state index in [1.165, 1.54) is 12.1 Å². The highest BCUT2D eigenvalue weighted by atomic mass is 16.4. The van der Waals surface area contributed by atoms with Gasteiger partial charge < -0.3 is 15.2 Å². The van der Waals surface area contributed by atoms with Gasteiger partial charge in [-0.1, -0.05) is 12.1 Å². The molecule has 0 saturated heterocycles. The normalized spacial score (nSPS) is 11.1. The molecule has 5 heteroatoms.